The van der Waals surface area contributed by atoms with Gasteiger partial charge in [0, 0.05) is 4.90 Å². The molecule has 0 aliphatic heterocycles. The third kappa shape index (κ3) is 3.39. The molecule has 0 aromatic heterocycles. The van der Waals surface area contributed by atoms with E-state index in [1.54, 1.807) is 12.1 Å². The largest absolute Gasteiger partial charge is 0.368 e. The SMILES string of the molecule is O=S(COCC1CC1)c1cccc(F)c1. The summed E-state index contributed by atoms with van der Waals surface area (Å²) in [4.78, 5) is 0.491. The number of rotatable bonds is 5. The molecule has 1 aromatic rings. The van der Waals surface area contributed by atoms with Crippen molar-refractivity contribution in [3.8, 4) is 0 Å². The van der Waals surface area contributed by atoms with Crippen molar-refractivity contribution >= 4 is 10.8 Å². The lowest BCUT2D eigenvalue weighted by Gasteiger charge is -2.03. The molecule has 1 unspecified atom stereocenters. The second kappa shape index (κ2) is 4.86. The molecule has 1 aromatic carbocycles. The first-order chi connectivity index (χ1) is 7.25. The Morgan fingerprint density at radius 2 is 2.27 bits per heavy atom. The Bertz CT molecular complexity index is 363. The van der Waals surface area contributed by atoms with Crippen LogP contribution in [0.3, 0.4) is 0 Å². The van der Waals surface area contributed by atoms with Crippen LogP contribution in [0.25, 0.3) is 0 Å². The Kier molecular flexibility index (Phi) is 3.49. The Labute approximate surface area is 90.9 Å². The summed E-state index contributed by atoms with van der Waals surface area (Å²) in [5.41, 5.74) is 0. The summed E-state index contributed by atoms with van der Waals surface area (Å²) < 4.78 is 29.7. The van der Waals surface area contributed by atoms with Gasteiger partial charge in [0.2, 0.25) is 0 Å². The van der Waals surface area contributed by atoms with Crippen LogP contribution in [0.5, 0.6) is 0 Å². The summed E-state index contributed by atoms with van der Waals surface area (Å²) in [6.45, 7) is 0.682. The number of benzene rings is 1. The summed E-state index contributed by atoms with van der Waals surface area (Å²) in [5, 5.41) is 0. The van der Waals surface area contributed by atoms with Gasteiger partial charge in [0.15, 0.2) is 0 Å². The zero-order valence-electron chi connectivity index (χ0n) is 8.32. The van der Waals surface area contributed by atoms with E-state index in [4.69, 9.17) is 4.74 Å². The summed E-state index contributed by atoms with van der Waals surface area (Å²) in [6.07, 6.45) is 2.43. The predicted octanol–water partition coefficient (Wildman–Crippen LogP) is 2.32. The Morgan fingerprint density at radius 3 is 2.93 bits per heavy atom. The van der Waals surface area contributed by atoms with Gasteiger partial charge in [0.1, 0.15) is 11.8 Å². The highest BCUT2D eigenvalue weighted by Gasteiger charge is 2.21. The van der Waals surface area contributed by atoms with E-state index in [1.165, 1.54) is 25.0 Å². The van der Waals surface area contributed by atoms with Crippen LogP contribution in [-0.2, 0) is 15.5 Å². The van der Waals surface area contributed by atoms with Crippen LogP contribution in [0.15, 0.2) is 29.2 Å². The van der Waals surface area contributed by atoms with Crippen molar-refractivity contribution in [1.29, 1.82) is 0 Å². The molecule has 1 aliphatic rings. The minimum atomic E-state index is -1.24. The fourth-order valence-corrected chi connectivity index (χ4v) is 2.11. The van der Waals surface area contributed by atoms with Gasteiger partial charge in [-0.05, 0) is 37.0 Å². The van der Waals surface area contributed by atoms with Gasteiger partial charge < -0.3 is 4.74 Å². The Morgan fingerprint density at radius 1 is 1.47 bits per heavy atom. The maximum Gasteiger partial charge on any atom is 0.126 e. The van der Waals surface area contributed by atoms with Gasteiger partial charge in [-0.3, -0.25) is 4.21 Å². The van der Waals surface area contributed by atoms with E-state index < -0.39 is 10.8 Å². The molecule has 15 heavy (non-hydrogen) atoms. The van der Waals surface area contributed by atoms with Crippen molar-refractivity contribution in [1.82, 2.24) is 0 Å². The third-order valence-corrected chi connectivity index (χ3v) is 3.46. The molecule has 0 saturated heterocycles. The van der Waals surface area contributed by atoms with Crippen LogP contribution < -0.4 is 0 Å². The third-order valence-electron chi connectivity index (χ3n) is 2.30. The maximum atomic E-state index is 12.8. The van der Waals surface area contributed by atoms with E-state index >= 15 is 0 Å². The summed E-state index contributed by atoms with van der Waals surface area (Å²) >= 11 is 0. The van der Waals surface area contributed by atoms with Crippen LogP contribution in [0.2, 0.25) is 0 Å². The van der Waals surface area contributed by atoms with Crippen molar-refractivity contribution in [3.63, 3.8) is 0 Å². The lowest BCUT2D eigenvalue weighted by atomic mass is 10.4. The molecule has 0 bridgehead atoms. The molecule has 2 rings (SSSR count). The predicted molar refractivity (Wildman–Crippen MR) is 56.4 cm³/mol. The maximum absolute atomic E-state index is 12.8. The molecule has 2 nitrogen and oxygen atoms in total. The van der Waals surface area contributed by atoms with Crippen molar-refractivity contribution in [3.05, 3.63) is 30.1 Å². The van der Waals surface area contributed by atoms with Gasteiger partial charge in [-0.15, -0.1) is 0 Å². The highest BCUT2D eigenvalue weighted by Crippen LogP contribution is 2.28. The van der Waals surface area contributed by atoms with Gasteiger partial charge in [0.25, 0.3) is 0 Å². The van der Waals surface area contributed by atoms with E-state index in [9.17, 15) is 8.60 Å². The summed E-state index contributed by atoms with van der Waals surface area (Å²) in [5.74, 6) is 0.470. The van der Waals surface area contributed by atoms with Crippen LogP contribution >= 0.6 is 0 Å². The number of hydrogen-bond acceptors (Lipinski definition) is 2. The number of hydrogen-bond donors (Lipinski definition) is 0. The van der Waals surface area contributed by atoms with Gasteiger partial charge in [-0.25, -0.2) is 4.39 Å². The van der Waals surface area contributed by atoms with Crippen LogP contribution in [0, 0.1) is 11.7 Å². The molecule has 0 spiro atoms. The molecule has 0 amide bonds. The highest BCUT2D eigenvalue weighted by atomic mass is 32.2. The van der Waals surface area contributed by atoms with E-state index in [-0.39, 0.29) is 11.8 Å². The second-order valence-electron chi connectivity index (χ2n) is 3.73. The lowest BCUT2D eigenvalue weighted by molar-refractivity contribution is 0.168. The summed E-state index contributed by atoms with van der Waals surface area (Å²) in [6, 6.07) is 5.84. The molecule has 1 atom stereocenters. The monoisotopic (exact) mass is 228 g/mol. The topological polar surface area (TPSA) is 26.3 Å². The Balaban J connectivity index is 1.83. The Hall–Kier alpha value is -0.740. The molecule has 0 heterocycles. The van der Waals surface area contributed by atoms with E-state index in [0.29, 0.717) is 17.4 Å². The fraction of sp³-hybridized carbons (Fsp3) is 0.455. The standard InChI is InChI=1S/C11H13FO2S/c12-10-2-1-3-11(6-10)15(13)8-14-7-9-4-5-9/h1-3,6,9H,4-5,7-8H2. The molecule has 0 N–H and O–H groups in total. The van der Waals surface area contributed by atoms with Crippen molar-refractivity contribution in [2.24, 2.45) is 5.92 Å². The number of ether oxygens (including phenoxy) is 1. The molecule has 1 aliphatic carbocycles. The van der Waals surface area contributed by atoms with E-state index in [1.807, 2.05) is 0 Å². The lowest BCUT2D eigenvalue weighted by Crippen LogP contribution is -2.05. The molecule has 0 radical (unpaired) electrons. The van der Waals surface area contributed by atoms with Crippen molar-refractivity contribution in [2.45, 2.75) is 17.7 Å². The minimum absolute atomic E-state index is 0.167. The molecule has 1 fully saturated rings. The normalized spacial score (nSPS) is 17.7. The zero-order valence-corrected chi connectivity index (χ0v) is 9.13. The quantitative estimate of drug-likeness (QED) is 0.773. The second-order valence-corrected chi connectivity index (χ2v) is 5.13. The zero-order chi connectivity index (χ0) is 10.7. The summed E-state index contributed by atoms with van der Waals surface area (Å²) in [7, 11) is -1.24. The number of halogens is 1. The van der Waals surface area contributed by atoms with Crippen LogP contribution in [0.1, 0.15) is 12.8 Å². The van der Waals surface area contributed by atoms with Crippen molar-refractivity contribution in [2.75, 3.05) is 12.5 Å². The highest BCUT2D eigenvalue weighted by molar-refractivity contribution is 7.84. The molecule has 4 heteroatoms. The molecule has 82 valence electrons. The van der Waals surface area contributed by atoms with Crippen LogP contribution in [0.4, 0.5) is 4.39 Å². The minimum Gasteiger partial charge on any atom is -0.368 e. The van der Waals surface area contributed by atoms with Gasteiger partial charge in [0.05, 0.1) is 17.4 Å². The van der Waals surface area contributed by atoms with Crippen LogP contribution in [-0.4, -0.2) is 16.8 Å². The first-order valence-electron chi connectivity index (χ1n) is 4.97. The van der Waals surface area contributed by atoms with Gasteiger partial charge in [-0.2, -0.15) is 0 Å². The average Bonchev–Trinajstić information content (AvgIpc) is 3.01. The van der Waals surface area contributed by atoms with E-state index in [0.717, 1.165) is 0 Å². The van der Waals surface area contributed by atoms with E-state index in [2.05, 4.69) is 0 Å². The first kappa shape index (κ1) is 10.8. The molecular weight excluding hydrogens is 215 g/mol. The molecule has 1 saturated carbocycles. The van der Waals surface area contributed by atoms with Gasteiger partial charge >= 0.3 is 0 Å². The molecular formula is C11H13FO2S. The smallest absolute Gasteiger partial charge is 0.126 e. The fourth-order valence-electron chi connectivity index (χ4n) is 1.25. The average molecular weight is 228 g/mol. The first-order valence-corrected chi connectivity index (χ1v) is 6.29. The van der Waals surface area contributed by atoms with Crippen molar-refractivity contribution < 1.29 is 13.3 Å². The van der Waals surface area contributed by atoms with Gasteiger partial charge in [-0.1, -0.05) is 6.07 Å².